The second kappa shape index (κ2) is 7.29. The van der Waals surface area contributed by atoms with Gasteiger partial charge in [-0.2, -0.15) is 0 Å². The molecule has 0 bridgehead atoms. The Morgan fingerprint density at radius 2 is 1.76 bits per heavy atom. The average molecular weight is 363 g/mol. The number of rotatable bonds is 2. The van der Waals surface area contributed by atoms with Crippen LogP contribution >= 0.6 is 11.6 Å². The number of aliphatic carboxylic acids is 2. The summed E-state index contributed by atoms with van der Waals surface area (Å²) < 4.78 is 2.53. The van der Waals surface area contributed by atoms with Crippen molar-refractivity contribution >= 4 is 34.4 Å². The van der Waals surface area contributed by atoms with Crippen molar-refractivity contribution < 1.29 is 19.8 Å². The van der Waals surface area contributed by atoms with E-state index in [0.717, 1.165) is 43.9 Å². The summed E-state index contributed by atoms with van der Waals surface area (Å²) in [6.45, 7) is 3.34. The number of fused-ring (bicyclic) bond motifs is 3. The molecule has 4 rings (SSSR count). The standard InChI is InChI=1S/C14H15ClN2.C4H4O4/c15-10-7-9-3-6-17-13-2-5-16-4-1-11(13)12(8-10)14(9)17;5-3(6)1-2-4(7)8/h7-8,16H,1-6H2;1-2H,(H,5,6)(H,7,8). The van der Waals surface area contributed by atoms with E-state index in [9.17, 15) is 9.59 Å². The molecule has 0 unspecified atom stereocenters. The Hall–Kier alpha value is -2.31. The third-order valence-electron chi connectivity index (χ3n) is 4.49. The van der Waals surface area contributed by atoms with E-state index < -0.39 is 11.9 Å². The number of carbonyl (C=O) groups is 2. The Morgan fingerprint density at radius 3 is 2.44 bits per heavy atom. The van der Waals surface area contributed by atoms with E-state index in [0.29, 0.717) is 12.2 Å². The van der Waals surface area contributed by atoms with Crippen LogP contribution in [0.25, 0.3) is 10.9 Å². The Morgan fingerprint density at radius 1 is 1.08 bits per heavy atom. The Kier molecular flexibility index (Phi) is 5.11. The van der Waals surface area contributed by atoms with Gasteiger partial charge in [-0.05, 0) is 42.6 Å². The molecule has 0 radical (unpaired) electrons. The smallest absolute Gasteiger partial charge is 0.328 e. The topological polar surface area (TPSA) is 91.6 Å². The average Bonchev–Trinajstić information content (AvgIpc) is 2.98. The van der Waals surface area contributed by atoms with Gasteiger partial charge in [0, 0.05) is 47.8 Å². The van der Waals surface area contributed by atoms with Crippen LogP contribution in [0.5, 0.6) is 0 Å². The molecule has 0 spiro atoms. The highest BCUT2D eigenvalue weighted by molar-refractivity contribution is 6.31. The molecule has 6 nitrogen and oxygen atoms in total. The molecule has 25 heavy (non-hydrogen) atoms. The van der Waals surface area contributed by atoms with Crippen LogP contribution in [0.2, 0.25) is 5.02 Å². The van der Waals surface area contributed by atoms with Crippen molar-refractivity contribution in [2.75, 3.05) is 13.1 Å². The molecule has 1 aromatic carbocycles. The van der Waals surface area contributed by atoms with Crippen molar-refractivity contribution in [1.82, 2.24) is 9.88 Å². The van der Waals surface area contributed by atoms with Crippen molar-refractivity contribution in [2.45, 2.75) is 25.8 Å². The number of hydrogen-bond acceptors (Lipinski definition) is 3. The number of benzene rings is 1. The van der Waals surface area contributed by atoms with Crippen molar-refractivity contribution in [3.05, 3.63) is 46.1 Å². The number of nitrogens with zero attached hydrogens (tertiary/aromatic N) is 1. The number of aryl methyl sites for hydroxylation is 2. The highest BCUT2D eigenvalue weighted by Crippen LogP contribution is 2.36. The molecular formula is C18H19ClN2O4. The maximum Gasteiger partial charge on any atom is 0.328 e. The van der Waals surface area contributed by atoms with Gasteiger partial charge in [-0.25, -0.2) is 9.59 Å². The van der Waals surface area contributed by atoms with Crippen LogP contribution in [0.15, 0.2) is 24.3 Å². The van der Waals surface area contributed by atoms with Crippen LogP contribution in [0.3, 0.4) is 0 Å². The van der Waals surface area contributed by atoms with Crippen LogP contribution in [-0.4, -0.2) is 39.8 Å². The van der Waals surface area contributed by atoms with Crippen molar-refractivity contribution in [2.24, 2.45) is 0 Å². The summed E-state index contributed by atoms with van der Waals surface area (Å²) in [5, 5.41) is 21.4. The lowest BCUT2D eigenvalue weighted by Gasteiger charge is -2.05. The molecule has 7 heteroatoms. The van der Waals surface area contributed by atoms with E-state index >= 15 is 0 Å². The van der Waals surface area contributed by atoms with Gasteiger partial charge in [0.2, 0.25) is 0 Å². The van der Waals surface area contributed by atoms with Gasteiger partial charge in [0.1, 0.15) is 0 Å². The lowest BCUT2D eigenvalue weighted by Crippen LogP contribution is -2.17. The first-order valence-electron chi connectivity index (χ1n) is 8.14. The lowest BCUT2D eigenvalue weighted by molar-refractivity contribution is -0.134. The first kappa shape index (κ1) is 17.5. The zero-order valence-corrected chi connectivity index (χ0v) is 14.3. The molecule has 0 saturated heterocycles. The number of carboxylic acids is 2. The summed E-state index contributed by atoms with van der Waals surface area (Å²) in [6.07, 6.45) is 4.55. The van der Waals surface area contributed by atoms with Crippen molar-refractivity contribution in [1.29, 1.82) is 0 Å². The zero-order valence-electron chi connectivity index (χ0n) is 13.6. The number of hydrogen-bond donors (Lipinski definition) is 3. The molecule has 2 aromatic rings. The van der Waals surface area contributed by atoms with Crippen LogP contribution in [0.4, 0.5) is 0 Å². The van der Waals surface area contributed by atoms with Gasteiger partial charge >= 0.3 is 11.9 Å². The molecule has 1 aromatic heterocycles. The SMILES string of the molecule is Clc1cc2c3c(c1)c1c(n3CC2)CCNCC1.O=C(O)C=CC(=O)O. The highest BCUT2D eigenvalue weighted by atomic mass is 35.5. The monoisotopic (exact) mass is 362 g/mol. The molecular weight excluding hydrogens is 344 g/mol. The number of carboxylic acid groups (broad SMARTS) is 2. The van der Waals surface area contributed by atoms with Gasteiger partial charge in [0.05, 0.1) is 5.52 Å². The molecule has 0 saturated carbocycles. The Labute approximate surface area is 149 Å². The van der Waals surface area contributed by atoms with Gasteiger partial charge in [0.25, 0.3) is 0 Å². The van der Waals surface area contributed by atoms with E-state index in [1.165, 1.54) is 22.0 Å². The quantitative estimate of drug-likeness (QED) is 0.713. The second-order valence-electron chi connectivity index (χ2n) is 6.05. The third kappa shape index (κ3) is 3.70. The second-order valence-corrected chi connectivity index (χ2v) is 6.48. The molecule has 2 aliphatic heterocycles. The minimum Gasteiger partial charge on any atom is -0.478 e. The van der Waals surface area contributed by atoms with Gasteiger partial charge < -0.3 is 20.1 Å². The summed E-state index contributed by atoms with van der Waals surface area (Å²) >= 11 is 6.24. The summed E-state index contributed by atoms with van der Waals surface area (Å²) in [6, 6.07) is 4.30. The predicted molar refractivity (Wildman–Crippen MR) is 95.3 cm³/mol. The molecule has 0 atom stereocenters. The van der Waals surface area contributed by atoms with Crippen molar-refractivity contribution in [3.8, 4) is 0 Å². The maximum atomic E-state index is 9.55. The number of aromatic nitrogens is 1. The van der Waals surface area contributed by atoms with Crippen LogP contribution in [0.1, 0.15) is 16.8 Å². The predicted octanol–water partition coefficient (Wildman–Crippen LogP) is 2.25. The fraction of sp³-hybridized carbons (Fsp3) is 0.333. The zero-order chi connectivity index (χ0) is 18.0. The lowest BCUT2D eigenvalue weighted by atomic mass is 10.0. The molecule has 3 heterocycles. The van der Waals surface area contributed by atoms with Crippen molar-refractivity contribution in [3.63, 3.8) is 0 Å². The van der Waals surface area contributed by atoms with E-state index in [1.807, 2.05) is 0 Å². The number of nitrogens with one attached hydrogen (secondary N) is 1. The molecule has 0 fully saturated rings. The number of halogens is 1. The van der Waals surface area contributed by atoms with Gasteiger partial charge in [-0.3, -0.25) is 0 Å². The molecule has 0 amide bonds. The third-order valence-corrected chi connectivity index (χ3v) is 4.70. The first-order chi connectivity index (χ1) is 12.0. The van der Waals surface area contributed by atoms with E-state index in [1.54, 1.807) is 5.69 Å². The maximum absolute atomic E-state index is 9.55. The molecule has 132 valence electrons. The minimum absolute atomic E-state index is 0.558. The first-order valence-corrected chi connectivity index (χ1v) is 8.52. The molecule has 0 aliphatic carbocycles. The summed E-state index contributed by atoms with van der Waals surface area (Å²) in [5.74, 6) is -2.51. The van der Waals surface area contributed by atoms with Gasteiger partial charge in [-0.15, -0.1) is 0 Å². The normalized spacial score (nSPS) is 15.6. The summed E-state index contributed by atoms with van der Waals surface area (Å²) in [5.41, 5.74) is 5.98. The molecule has 2 aliphatic rings. The van der Waals surface area contributed by atoms with Crippen LogP contribution in [0, 0.1) is 0 Å². The summed E-state index contributed by atoms with van der Waals surface area (Å²) in [7, 11) is 0. The van der Waals surface area contributed by atoms with E-state index in [-0.39, 0.29) is 0 Å². The molecule has 3 N–H and O–H groups in total. The summed E-state index contributed by atoms with van der Waals surface area (Å²) in [4.78, 5) is 19.1. The fourth-order valence-corrected chi connectivity index (χ4v) is 3.82. The van der Waals surface area contributed by atoms with Crippen LogP contribution < -0.4 is 5.32 Å². The van der Waals surface area contributed by atoms with E-state index in [2.05, 4.69) is 22.0 Å². The van der Waals surface area contributed by atoms with Crippen LogP contribution in [-0.2, 0) is 35.4 Å². The van der Waals surface area contributed by atoms with Gasteiger partial charge in [0.15, 0.2) is 0 Å². The minimum atomic E-state index is -1.26. The van der Waals surface area contributed by atoms with E-state index in [4.69, 9.17) is 21.8 Å². The Bertz CT molecular complexity index is 854. The largest absolute Gasteiger partial charge is 0.478 e. The van der Waals surface area contributed by atoms with Gasteiger partial charge in [-0.1, -0.05) is 11.6 Å². The Balaban J connectivity index is 0.000000197. The highest BCUT2D eigenvalue weighted by Gasteiger charge is 2.24. The fourth-order valence-electron chi connectivity index (χ4n) is 3.58.